The number of hydrogen-bond donors (Lipinski definition) is 2. The fourth-order valence-electron chi connectivity index (χ4n) is 1.91. The van der Waals surface area contributed by atoms with E-state index in [1.54, 1.807) is 0 Å². The van der Waals surface area contributed by atoms with Crippen molar-refractivity contribution in [2.45, 2.75) is 90.9 Å². The summed E-state index contributed by atoms with van der Waals surface area (Å²) in [6.45, 7) is 4.57. The van der Waals surface area contributed by atoms with Gasteiger partial charge in [-0.05, 0) is 0 Å². The largest absolute Gasteiger partial charge is 2.00 e. The van der Waals surface area contributed by atoms with Gasteiger partial charge in [-0.1, -0.05) is 90.9 Å². The Bertz CT molecular complexity index is 255. The number of hydrogen-bond acceptors (Lipinski definition) is 2. The summed E-state index contributed by atoms with van der Waals surface area (Å²) in [5.74, 6) is 0. The molecule has 4 nitrogen and oxygen atoms in total. The van der Waals surface area contributed by atoms with Crippen molar-refractivity contribution in [3.63, 3.8) is 0 Å². The van der Waals surface area contributed by atoms with Crippen molar-refractivity contribution in [1.82, 2.24) is 0 Å². The zero-order valence-electron chi connectivity index (χ0n) is 17.3. The summed E-state index contributed by atoms with van der Waals surface area (Å²) in [6, 6.07) is 0. The minimum atomic E-state index is -4.67. The second-order valence-corrected chi connectivity index (χ2v) is 5.88. The Labute approximate surface area is 174 Å². The zero-order valence-corrected chi connectivity index (χ0v) is 18.5. The van der Waals surface area contributed by atoms with Crippen molar-refractivity contribution < 1.29 is 51.4 Å². The predicted octanol–water partition coefficient (Wildman–Crippen LogP) is 2.02. The Balaban J connectivity index is -0.0000000514. The van der Waals surface area contributed by atoms with Crippen molar-refractivity contribution in [1.29, 1.82) is 0 Å². The Morgan fingerprint density at radius 1 is 0.667 bits per heavy atom. The molecule has 21 heavy (non-hydrogen) atoms. The molecule has 7 heteroatoms. The molecule has 0 aliphatic carbocycles. The van der Waals surface area contributed by atoms with Gasteiger partial charge in [0.05, 0.1) is 0 Å². The average molecular weight is 347 g/mol. The van der Waals surface area contributed by atoms with Crippen molar-refractivity contribution in [3.05, 3.63) is 0 Å². The van der Waals surface area contributed by atoms with Crippen molar-refractivity contribution in [2.24, 2.45) is 0 Å². The van der Waals surface area contributed by atoms with Gasteiger partial charge in [0.15, 0.2) is 0 Å². The van der Waals surface area contributed by atoms with Crippen LogP contribution in [0.4, 0.5) is 0 Å². The van der Waals surface area contributed by atoms with Gasteiger partial charge in [-0.25, -0.2) is 0 Å². The van der Waals surface area contributed by atoms with Gasteiger partial charge in [-0.15, -0.1) is 0 Å². The SMILES string of the molecule is CCCCCCCCCCCCCC.O=S(=O)(O)O.[H-].[H-].[H-].[Mg+2].[Na+]. The van der Waals surface area contributed by atoms with Gasteiger partial charge in [0, 0.05) is 0 Å². The van der Waals surface area contributed by atoms with Crippen LogP contribution in [-0.4, -0.2) is 40.6 Å². The molecule has 0 saturated carbocycles. The second kappa shape index (κ2) is 23.9. The Morgan fingerprint density at radius 3 is 0.952 bits per heavy atom. The first-order valence-corrected chi connectivity index (χ1v) is 9.01. The summed E-state index contributed by atoms with van der Waals surface area (Å²) in [6.07, 6.45) is 17.4. The molecule has 0 radical (unpaired) electrons. The van der Waals surface area contributed by atoms with Crippen molar-refractivity contribution in [2.75, 3.05) is 0 Å². The molecule has 0 atom stereocenters. The summed E-state index contributed by atoms with van der Waals surface area (Å²) in [7, 11) is -4.67. The van der Waals surface area contributed by atoms with Crippen LogP contribution in [0.1, 0.15) is 95.2 Å². The van der Waals surface area contributed by atoms with E-state index in [9.17, 15) is 0 Å². The third-order valence-corrected chi connectivity index (χ3v) is 2.96. The maximum atomic E-state index is 8.74. The number of unbranched alkanes of at least 4 members (excludes halogenated alkanes) is 11. The smallest absolute Gasteiger partial charge is 1.00 e. The monoisotopic (exact) mass is 346 g/mol. The van der Waals surface area contributed by atoms with Crippen molar-refractivity contribution in [3.8, 4) is 0 Å². The van der Waals surface area contributed by atoms with Gasteiger partial charge in [0.2, 0.25) is 0 Å². The van der Waals surface area contributed by atoms with Crippen LogP contribution < -0.4 is 29.6 Å². The van der Waals surface area contributed by atoms with Crippen LogP contribution in [-0.2, 0) is 10.4 Å². The number of rotatable bonds is 11. The van der Waals surface area contributed by atoms with E-state index in [-0.39, 0.29) is 56.9 Å². The van der Waals surface area contributed by atoms with Gasteiger partial charge in [-0.2, -0.15) is 8.42 Å². The molecule has 124 valence electrons. The first kappa shape index (κ1) is 30.5. The van der Waals surface area contributed by atoms with E-state index < -0.39 is 10.4 Å². The van der Waals surface area contributed by atoms with Gasteiger partial charge < -0.3 is 4.28 Å². The van der Waals surface area contributed by atoms with E-state index in [1.807, 2.05) is 0 Å². The quantitative estimate of drug-likeness (QED) is 0.341. The van der Waals surface area contributed by atoms with E-state index in [1.165, 1.54) is 77.0 Å². The van der Waals surface area contributed by atoms with Gasteiger partial charge in [0.1, 0.15) is 0 Å². The van der Waals surface area contributed by atoms with Gasteiger partial charge >= 0.3 is 63.0 Å². The second-order valence-electron chi connectivity index (χ2n) is 4.98. The minimum Gasteiger partial charge on any atom is -1.00 e. The van der Waals surface area contributed by atoms with Crippen LogP contribution in [0.25, 0.3) is 0 Å². The Morgan fingerprint density at radius 2 is 0.810 bits per heavy atom. The van der Waals surface area contributed by atoms with Crippen LogP contribution in [0.15, 0.2) is 0 Å². The molecule has 0 rings (SSSR count). The molecule has 0 aromatic heterocycles. The molecule has 0 aliphatic rings. The van der Waals surface area contributed by atoms with E-state index in [4.69, 9.17) is 17.5 Å². The maximum absolute atomic E-state index is 8.74. The van der Waals surface area contributed by atoms with Gasteiger partial charge in [-0.3, -0.25) is 9.11 Å². The summed E-state index contributed by atoms with van der Waals surface area (Å²) in [5, 5.41) is 0. The summed E-state index contributed by atoms with van der Waals surface area (Å²) in [5.41, 5.74) is 0. The fraction of sp³-hybridized carbons (Fsp3) is 1.00. The topological polar surface area (TPSA) is 74.6 Å². The van der Waals surface area contributed by atoms with Crippen molar-refractivity contribution >= 4 is 33.5 Å². The van der Waals surface area contributed by atoms with Crippen LogP contribution >= 0.6 is 0 Å². The van der Waals surface area contributed by atoms with Crippen LogP contribution in [0.5, 0.6) is 0 Å². The Hall–Kier alpha value is 1.64. The molecule has 0 heterocycles. The molecule has 0 unspecified atom stereocenters. The standard InChI is InChI=1S/C14H30.Mg.Na.H2O4S.3H/c1-3-5-7-9-11-13-14-12-10-8-6-4-2;;;1-5(2,3)4;;;/h3-14H2,1-2H3;;;(H2,1,2,3,4);;;/q;+2;+1;;3*-1. The van der Waals surface area contributed by atoms with Gasteiger partial charge in [0.25, 0.3) is 0 Å². The molecule has 2 N–H and O–H groups in total. The molecule has 0 amide bonds. The molecule has 0 saturated heterocycles. The maximum Gasteiger partial charge on any atom is 2.00 e. The fourth-order valence-corrected chi connectivity index (χ4v) is 1.91. The molecule has 0 spiro atoms. The molecule has 0 aromatic carbocycles. The minimum absolute atomic E-state index is 0. The van der Waals surface area contributed by atoms with E-state index in [2.05, 4.69) is 13.8 Å². The van der Waals surface area contributed by atoms with E-state index in [0.29, 0.717) is 0 Å². The molecule has 0 aromatic rings. The molecular weight excluding hydrogens is 312 g/mol. The summed E-state index contributed by atoms with van der Waals surface area (Å²) < 4.78 is 31.6. The van der Waals surface area contributed by atoms with E-state index in [0.717, 1.165) is 0 Å². The predicted molar refractivity (Wildman–Crippen MR) is 90.0 cm³/mol. The Kier molecular flexibility index (Phi) is 34.7. The summed E-state index contributed by atoms with van der Waals surface area (Å²) in [4.78, 5) is 0. The first-order valence-electron chi connectivity index (χ1n) is 7.61. The normalized spacial score (nSPS) is 9.90. The van der Waals surface area contributed by atoms with Crippen LogP contribution in [0.3, 0.4) is 0 Å². The van der Waals surface area contributed by atoms with E-state index >= 15 is 0 Å². The molecular formula is C14H35MgNaO4S. The third-order valence-electron chi connectivity index (χ3n) is 2.96. The molecule has 0 fully saturated rings. The summed E-state index contributed by atoms with van der Waals surface area (Å²) >= 11 is 0. The van der Waals surface area contributed by atoms with Crippen LogP contribution in [0, 0.1) is 0 Å². The van der Waals surface area contributed by atoms with Crippen LogP contribution in [0.2, 0.25) is 0 Å². The molecule has 0 aliphatic heterocycles. The first-order chi connectivity index (χ1) is 8.91. The zero-order chi connectivity index (χ0) is 15.0. The average Bonchev–Trinajstić information content (AvgIpc) is 2.29. The molecule has 0 bridgehead atoms. The third kappa shape index (κ3) is 52.2.